The molecule has 158 valence electrons. The van der Waals surface area contributed by atoms with Crippen molar-refractivity contribution in [2.45, 2.75) is 0 Å². The third-order valence-corrected chi connectivity index (χ3v) is 7.27. The van der Waals surface area contributed by atoms with Crippen LogP contribution in [0.25, 0.3) is 31.3 Å². The minimum atomic E-state index is 0.747. The fourth-order valence-electron chi connectivity index (χ4n) is 4.40. The second-order valence-electron chi connectivity index (χ2n) is 7.98. The Balaban J connectivity index is 1.71. The first-order chi connectivity index (χ1) is 16.3. The summed E-state index contributed by atoms with van der Waals surface area (Å²) >= 11 is 8.03. The number of rotatable bonds is 4. The van der Waals surface area contributed by atoms with E-state index in [1.54, 1.807) is 0 Å². The molecule has 0 aliphatic carbocycles. The van der Waals surface area contributed by atoms with Gasteiger partial charge in [-0.2, -0.15) is 0 Å². The highest BCUT2D eigenvalue weighted by Crippen LogP contribution is 2.46. The number of anilines is 3. The quantitative estimate of drug-likeness (QED) is 0.252. The molecule has 1 heterocycles. The molecule has 0 bridgehead atoms. The molecule has 0 fully saturated rings. The molecule has 0 unspecified atom stereocenters. The molecule has 0 spiro atoms. The molecule has 1 nitrogen and oxygen atoms in total. The van der Waals surface area contributed by atoms with E-state index >= 15 is 0 Å². The van der Waals surface area contributed by atoms with Crippen molar-refractivity contribution < 1.29 is 0 Å². The monoisotopic (exact) mass is 461 g/mol. The van der Waals surface area contributed by atoms with Crippen molar-refractivity contribution in [3.8, 4) is 11.1 Å². The number of benzene rings is 5. The third kappa shape index (κ3) is 3.68. The highest BCUT2D eigenvalue weighted by Gasteiger charge is 2.19. The lowest BCUT2D eigenvalue weighted by Crippen LogP contribution is -2.10. The number of halogens is 1. The van der Waals surface area contributed by atoms with Crippen LogP contribution < -0.4 is 4.90 Å². The van der Waals surface area contributed by atoms with Gasteiger partial charge in [0, 0.05) is 36.6 Å². The Bertz CT molecular complexity index is 1510. The summed E-state index contributed by atoms with van der Waals surface area (Å²) in [6.45, 7) is 0. The number of fused-ring (bicyclic) bond motifs is 3. The van der Waals surface area contributed by atoms with Gasteiger partial charge in [0.05, 0.1) is 5.69 Å². The Morgan fingerprint density at radius 2 is 1.15 bits per heavy atom. The Morgan fingerprint density at radius 3 is 1.82 bits per heavy atom. The van der Waals surface area contributed by atoms with Crippen molar-refractivity contribution >= 4 is 60.2 Å². The molecule has 0 saturated carbocycles. The van der Waals surface area contributed by atoms with Gasteiger partial charge in [0.15, 0.2) is 0 Å². The van der Waals surface area contributed by atoms with E-state index in [4.69, 9.17) is 11.6 Å². The van der Waals surface area contributed by atoms with Crippen LogP contribution in [-0.2, 0) is 0 Å². The number of hydrogen-bond acceptors (Lipinski definition) is 2. The van der Waals surface area contributed by atoms with Crippen molar-refractivity contribution in [1.29, 1.82) is 0 Å². The lowest BCUT2D eigenvalue weighted by atomic mass is 10.0. The van der Waals surface area contributed by atoms with Gasteiger partial charge in [0.25, 0.3) is 0 Å². The van der Waals surface area contributed by atoms with E-state index in [0.717, 1.165) is 22.0 Å². The second-order valence-corrected chi connectivity index (χ2v) is 9.50. The predicted octanol–water partition coefficient (Wildman–Crippen LogP) is 9.84. The molecule has 0 saturated heterocycles. The van der Waals surface area contributed by atoms with E-state index in [2.05, 4.69) is 114 Å². The first kappa shape index (κ1) is 20.0. The molecule has 33 heavy (non-hydrogen) atoms. The van der Waals surface area contributed by atoms with E-state index in [0.29, 0.717) is 0 Å². The normalized spacial score (nSPS) is 11.2. The summed E-state index contributed by atoms with van der Waals surface area (Å²) in [6.07, 6.45) is 0. The summed E-state index contributed by atoms with van der Waals surface area (Å²) in [6, 6.07) is 42.6. The van der Waals surface area contributed by atoms with Crippen LogP contribution >= 0.6 is 22.9 Å². The number of hydrogen-bond donors (Lipinski definition) is 0. The lowest BCUT2D eigenvalue weighted by molar-refractivity contribution is 1.30. The van der Waals surface area contributed by atoms with E-state index in [9.17, 15) is 0 Å². The maximum absolute atomic E-state index is 6.18. The molecule has 0 atom stereocenters. The first-order valence-corrected chi connectivity index (χ1v) is 12.1. The molecule has 0 radical (unpaired) electrons. The molecule has 3 heteroatoms. The molecular formula is C30H20ClNS. The summed E-state index contributed by atoms with van der Waals surface area (Å²) < 4.78 is 2.57. The van der Waals surface area contributed by atoms with Crippen molar-refractivity contribution in [2.75, 3.05) is 4.90 Å². The predicted molar refractivity (Wildman–Crippen MR) is 144 cm³/mol. The number of nitrogens with zero attached hydrogens (tertiary/aromatic N) is 1. The fraction of sp³-hybridized carbons (Fsp3) is 0. The van der Waals surface area contributed by atoms with E-state index in [-0.39, 0.29) is 0 Å². The van der Waals surface area contributed by atoms with Gasteiger partial charge >= 0.3 is 0 Å². The van der Waals surface area contributed by atoms with Crippen LogP contribution in [-0.4, -0.2) is 0 Å². The molecule has 5 aromatic carbocycles. The van der Waals surface area contributed by atoms with Gasteiger partial charge in [-0.05, 0) is 65.7 Å². The third-order valence-electron chi connectivity index (χ3n) is 5.90. The summed E-state index contributed by atoms with van der Waals surface area (Å²) in [5.74, 6) is 0. The smallest absolute Gasteiger partial charge is 0.0560 e. The van der Waals surface area contributed by atoms with Gasteiger partial charge < -0.3 is 4.90 Å². The van der Waals surface area contributed by atoms with Gasteiger partial charge in [0.2, 0.25) is 0 Å². The molecule has 6 rings (SSSR count). The van der Waals surface area contributed by atoms with Crippen molar-refractivity contribution in [2.24, 2.45) is 0 Å². The molecular weight excluding hydrogens is 442 g/mol. The lowest BCUT2D eigenvalue weighted by Gasteiger charge is -2.27. The molecule has 0 amide bonds. The van der Waals surface area contributed by atoms with Crippen LogP contribution in [0.4, 0.5) is 17.1 Å². The number of para-hydroxylation sites is 2. The zero-order valence-electron chi connectivity index (χ0n) is 17.8. The van der Waals surface area contributed by atoms with Crippen LogP contribution in [0.2, 0.25) is 5.02 Å². The minimum Gasteiger partial charge on any atom is -0.310 e. The zero-order chi connectivity index (χ0) is 22.2. The van der Waals surface area contributed by atoms with Crippen LogP contribution in [0.3, 0.4) is 0 Å². The van der Waals surface area contributed by atoms with Crippen LogP contribution in [0, 0.1) is 0 Å². The van der Waals surface area contributed by atoms with Crippen LogP contribution in [0.5, 0.6) is 0 Å². The summed E-state index contributed by atoms with van der Waals surface area (Å²) in [4.78, 5) is 2.36. The molecule has 6 aromatic rings. The topological polar surface area (TPSA) is 3.24 Å². The van der Waals surface area contributed by atoms with Gasteiger partial charge in [-0.25, -0.2) is 0 Å². The highest BCUT2D eigenvalue weighted by atomic mass is 35.5. The average Bonchev–Trinajstić information content (AvgIpc) is 3.25. The summed E-state index contributed by atoms with van der Waals surface area (Å²) in [5, 5.41) is 3.31. The van der Waals surface area contributed by atoms with Crippen molar-refractivity contribution in [3.05, 3.63) is 126 Å². The Morgan fingerprint density at radius 1 is 0.545 bits per heavy atom. The molecule has 0 N–H and O–H groups in total. The maximum atomic E-state index is 6.18. The van der Waals surface area contributed by atoms with Crippen molar-refractivity contribution in [3.63, 3.8) is 0 Å². The van der Waals surface area contributed by atoms with Gasteiger partial charge in [-0.15, -0.1) is 11.3 Å². The van der Waals surface area contributed by atoms with Crippen molar-refractivity contribution in [1.82, 2.24) is 0 Å². The number of thiophene rings is 1. The van der Waals surface area contributed by atoms with E-state index in [1.165, 1.54) is 31.4 Å². The Hall–Kier alpha value is -3.59. The standard InChI is InChI=1S/C30H20ClNS/c31-23-17-15-21(16-18-23)22-19-27(30-26-13-7-8-14-28(26)33-29(30)20-22)32(24-9-3-1-4-10-24)25-11-5-2-6-12-25/h1-20H. The Labute approximate surface area is 202 Å². The minimum absolute atomic E-state index is 0.747. The Kier molecular flexibility index (Phi) is 5.10. The fourth-order valence-corrected chi connectivity index (χ4v) is 5.69. The van der Waals surface area contributed by atoms with Crippen LogP contribution in [0.15, 0.2) is 121 Å². The maximum Gasteiger partial charge on any atom is 0.0560 e. The molecule has 0 aliphatic rings. The molecule has 1 aromatic heterocycles. The highest BCUT2D eigenvalue weighted by molar-refractivity contribution is 7.26. The summed E-state index contributed by atoms with van der Waals surface area (Å²) in [5.41, 5.74) is 5.77. The van der Waals surface area contributed by atoms with E-state index < -0.39 is 0 Å². The van der Waals surface area contributed by atoms with Crippen LogP contribution in [0.1, 0.15) is 0 Å². The van der Waals surface area contributed by atoms with Gasteiger partial charge in [-0.3, -0.25) is 0 Å². The second kappa shape index (κ2) is 8.40. The average molecular weight is 462 g/mol. The van der Waals surface area contributed by atoms with Gasteiger partial charge in [-0.1, -0.05) is 78.3 Å². The summed E-state index contributed by atoms with van der Waals surface area (Å²) in [7, 11) is 0. The largest absolute Gasteiger partial charge is 0.310 e. The van der Waals surface area contributed by atoms with E-state index in [1.807, 2.05) is 23.5 Å². The molecule has 0 aliphatic heterocycles. The first-order valence-electron chi connectivity index (χ1n) is 10.9. The SMILES string of the molecule is Clc1ccc(-c2cc(N(c3ccccc3)c3ccccc3)c3c(c2)sc2ccccc23)cc1. The zero-order valence-corrected chi connectivity index (χ0v) is 19.4. The van der Waals surface area contributed by atoms with Gasteiger partial charge in [0.1, 0.15) is 0 Å².